The molecule has 0 aromatic carbocycles. The zero-order valence-electron chi connectivity index (χ0n) is 10.7. The second-order valence-corrected chi connectivity index (χ2v) is 5.43. The average Bonchev–Trinajstić information content (AvgIpc) is 2.28. The van der Waals surface area contributed by atoms with Gasteiger partial charge in [-0.05, 0) is 32.6 Å². The summed E-state index contributed by atoms with van der Waals surface area (Å²) in [7, 11) is 1.79. The van der Waals surface area contributed by atoms with Crippen LogP contribution in [0.25, 0.3) is 0 Å². The van der Waals surface area contributed by atoms with Crippen molar-refractivity contribution in [3.63, 3.8) is 0 Å². The minimum atomic E-state index is -0.0656. The largest absolute Gasteiger partial charge is 0.354 e. The molecule has 1 N–H and O–H groups in total. The third-order valence-electron chi connectivity index (χ3n) is 5.02. The molecule has 1 heterocycles. The Balaban J connectivity index is 2.26. The summed E-state index contributed by atoms with van der Waals surface area (Å²) >= 11 is 0. The lowest BCUT2D eigenvalue weighted by atomic mass is 9.71. The van der Waals surface area contributed by atoms with Crippen LogP contribution in [0.3, 0.4) is 0 Å². The number of carbonyl (C=O) groups is 1. The number of piperidine rings is 1. The van der Waals surface area contributed by atoms with Gasteiger partial charge in [0.05, 0.1) is 19.6 Å². The molecule has 0 bridgehead atoms. The lowest BCUT2D eigenvalue weighted by Crippen LogP contribution is -2.74. The molecule has 0 atom stereocenters. The fourth-order valence-electron chi connectivity index (χ4n) is 3.83. The van der Waals surface area contributed by atoms with Gasteiger partial charge >= 0.3 is 0 Å². The van der Waals surface area contributed by atoms with E-state index >= 15 is 0 Å². The summed E-state index contributed by atoms with van der Waals surface area (Å²) in [6.07, 6.45) is 7.37. The van der Waals surface area contributed by atoms with Gasteiger partial charge < -0.3 is 9.80 Å². The van der Waals surface area contributed by atoms with Gasteiger partial charge in [0.25, 0.3) is 5.91 Å². The van der Waals surface area contributed by atoms with E-state index in [0.717, 1.165) is 23.9 Å². The smallest absolute Gasteiger partial charge is 0.281 e. The highest BCUT2D eigenvalue weighted by Crippen LogP contribution is 2.45. The fourth-order valence-corrected chi connectivity index (χ4v) is 3.83. The van der Waals surface area contributed by atoms with E-state index in [0.29, 0.717) is 5.91 Å². The first-order valence-corrected chi connectivity index (χ1v) is 6.79. The Kier molecular flexibility index (Phi) is 3.24. The molecule has 92 valence electrons. The molecule has 0 radical (unpaired) electrons. The molecular weight excluding hydrogens is 200 g/mol. The van der Waals surface area contributed by atoms with Gasteiger partial charge in [-0.15, -0.1) is 0 Å². The van der Waals surface area contributed by atoms with E-state index in [9.17, 15) is 4.79 Å². The van der Waals surface area contributed by atoms with E-state index in [1.54, 1.807) is 7.05 Å². The van der Waals surface area contributed by atoms with Gasteiger partial charge in [-0.25, -0.2) is 0 Å². The van der Waals surface area contributed by atoms with Crippen molar-refractivity contribution in [2.75, 3.05) is 26.7 Å². The van der Waals surface area contributed by atoms with Crippen LogP contribution in [0.4, 0.5) is 0 Å². The minimum absolute atomic E-state index is 0.0656. The predicted molar refractivity (Wildman–Crippen MR) is 65.0 cm³/mol. The third kappa shape index (κ3) is 1.48. The summed E-state index contributed by atoms with van der Waals surface area (Å²) < 4.78 is 1.06. The zero-order chi connectivity index (χ0) is 11.6. The summed E-state index contributed by atoms with van der Waals surface area (Å²) in [6.45, 7) is 5.80. The Morgan fingerprint density at radius 3 is 2.19 bits per heavy atom. The lowest BCUT2D eigenvalue weighted by molar-refractivity contribution is -0.974. The van der Waals surface area contributed by atoms with E-state index in [2.05, 4.69) is 12.2 Å². The van der Waals surface area contributed by atoms with Gasteiger partial charge in [-0.1, -0.05) is 0 Å². The van der Waals surface area contributed by atoms with Gasteiger partial charge in [-0.2, -0.15) is 0 Å². The molecule has 1 aliphatic carbocycles. The van der Waals surface area contributed by atoms with Gasteiger partial charge in [0, 0.05) is 19.9 Å². The highest BCUT2D eigenvalue weighted by atomic mass is 16.2. The monoisotopic (exact) mass is 225 g/mol. The van der Waals surface area contributed by atoms with E-state index in [4.69, 9.17) is 0 Å². The van der Waals surface area contributed by atoms with Crippen LogP contribution >= 0.6 is 0 Å². The number of quaternary nitrogens is 1. The predicted octanol–water partition coefficient (Wildman–Crippen LogP) is 1.68. The van der Waals surface area contributed by atoms with Crippen LogP contribution < -0.4 is 5.32 Å². The van der Waals surface area contributed by atoms with Gasteiger partial charge in [0.15, 0.2) is 5.54 Å². The van der Waals surface area contributed by atoms with E-state index < -0.39 is 0 Å². The minimum Gasteiger partial charge on any atom is -0.354 e. The highest BCUT2D eigenvalue weighted by molar-refractivity contribution is 5.85. The maximum Gasteiger partial charge on any atom is 0.281 e. The Hall–Kier alpha value is -0.570. The molecule has 16 heavy (non-hydrogen) atoms. The molecule has 1 aliphatic heterocycles. The molecule has 2 rings (SSSR count). The Labute approximate surface area is 98.8 Å². The number of hydrogen-bond donors (Lipinski definition) is 1. The number of likely N-dealkylation sites (N-methyl/N-ethyl adjacent to an activating group) is 2. The number of likely N-dealkylation sites (tertiary alicyclic amines) is 1. The first-order valence-electron chi connectivity index (χ1n) is 6.79. The van der Waals surface area contributed by atoms with Crippen molar-refractivity contribution >= 4 is 5.91 Å². The van der Waals surface area contributed by atoms with Crippen molar-refractivity contribution in [3.8, 4) is 0 Å². The van der Waals surface area contributed by atoms with Crippen LogP contribution in [0.5, 0.6) is 0 Å². The lowest BCUT2D eigenvalue weighted by Gasteiger charge is -2.57. The molecule has 0 unspecified atom stereocenters. The molecule has 3 heteroatoms. The average molecular weight is 225 g/mol. The molecule has 0 aromatic rings. The molecule has 0 spiro atoms. The van der Waals surface area contributed by atoms with E-state index in [1.807, 2.05) is 0 Å². The van der Waals surface area contributed by atoms with Crippen LogP contribution in [0.1, 0.15) is 45.4 Å². The summed E-state index contributed by atoms with van der Waals surface area (Å²) in [6, 6.07) is 0. The van der Waals surface area contributed by atoms with Crippen LogP contribution in [-0.4, -0.2) is 42.6 Å². The van der Waals surface area contributed by atoms with Gasteiger partial charge in [-0.3, -0.25) is 4.79 Å². The van der Waals surface area contributed by atoms with Gasteiger partial charge in [0.2, 0.25) is 0 Å². The molecule has 3 nitrogen and oxygen atoms in total. The molecule has 2 aliphatic rings. The third-order valence-corrected chi connectivity index (χ3v) is 5.02. The second-order valence-electron chi connectivity index (χ2n) is 5.43. The Morgan fingerprint density at radius 2 is 1.81 bits per heavy atom. The topological polar surface area (TPSA) is 29.1 Å². The second kappa shape index (κ2) is 4.36. The van der Waals surface area contributed by atoms with Gasteiger partial charge in [0.1, 0.15) is 0 Å². The Bertz CT molecular complexity index is 265. The van der Waals surface area contributed by atoms with Crippen LogP contribution in [0.15, 0.2) is 0 Å². The fraction of sp³-hybridized carbons (Fsp3) is 0.923. The van der Waals surface area contributed by atoms with Crippen molar-refractivity contribution in [1.82, 2.24) is 5.32 Å². The highest BCUT2D eigenvalue weighted by Gasteiger charge is 2.59. The quantitative estimate of drug-likeness (QED) is 0.727. The number of rotatable bonds is 3. The molecule has 0 aromatic heterocycles. The number of hydrogen-bond acceptors (Lipinski definition) is 1. The van der Waals surface area contributed by atoms with Crippen molar-refractivity contribution < 1.29 is 9.28 Å². The van der Waals surface area contributed by atoms with Crippen LogP contribution in [0.2, 0.25) is 0 Å². The van der Waals surface area contributed by atoms with Crippen molar-refractivity contribution in [2.45, 2.75) is 51.0 Å². The van der Waals surface area contributed by atoms with E-state index in [1.165, 1.54) is 38.8 Å². The van der Waals surface area contributed by atoms with Crippen molar-refractivity contribution in [2.24, 2.45) is 0 Å². The van der Waals surface area contributed by atoms with Crippen molar-refractivity contribution in [1.29, 1.82) is 0 Å². The Morgan fingerprint density at radius 1 is 1.19 bits per heavy atom. The molecule has 1 amide bonds. The SMILES string of the molecule is CC[N+]1(C2(C(=O)NC)CCC2)CCCCC1. The van der Waals surface area contributed by atoms with E-state index in [-0.39, 0.29) is 5.54 Å². The van der Waals surface area contributed by atoms with Crippen molar-refractivity contribution in [3.05, 3.63) is 0 Å². The maximum atomic E-state index is 12.3. The number of amides is 1. The zero-order valence-corrected chi connectivity index (χ0v) is 10.7. The molecule has 1 saturated carbocycles. The first kappa shape index (κ1) is 11.9. The first-order chi connectivity index (χ1) is 7.71. The summed E-state index contributed by atoms with van der Waals surface area (Å²) in [5.74, 6) is 0.294. The maximum absolute atomic E-state index is 12.3. The van der Waals surface area contributed by atoms with Crippen LogP contribution in [-0.2, 0) is 4.79 Å². The number of nitrogens with one attached hydrogen (secondary N) is 1. The number of carbonyl (C=O) groups excluding carboxylic acids is 1. The summed E-state index contributed by atoms with van der Waals surface area (Å²) in [5, 5.41) is 2.91. The standard InChI is InChI=1S/C13H24N2O/c1-3-15(10-5-4-6-11-15)13(8-7-9-13)12(16)14-2/h3-11H2,1-2H3/p+1. The number of nitrogens with zero attached hydrogens (tertiary/aromatic N) is 1. The summed E-state index contributed by atoms with van der Waals surface area (Å²) in [4.78, 5) is 12.3. The normalized spacial score (nSPS) is 26.9. The molecule has 2 fully saturated rings. The molecule has 1 saturated heterocycles. The molecular formula is C13H25N2O+. The summed E-state index contributed by atoms with van der Waals surface area (Å²) in [5.41, 5.74) is -0.0656. The van der Waals surface area contributed by atoms with Crippen LogP contribution in [0, 0.1) is 0 Å².